The van der Waals surface area contributed by atoms with E-state index in [0.717, 1.165) is 15.9 Å². The molecule has 2 rings (SSSR count). The van der Waals surface area contributed by atoms with Crippen molar-refractivity contribution in [2.24, 2.45) is 5.84 Å². The fourth-order valence-electron chi connectivity index (χ4n) is 1.38. The Morgan fingerprint density at radius 1 is 1.33 bits per heavy atom. The molecule has 0 bridgehead atoms. The molecule has 0 atom stereocenters. The summed E-state index contributed by atoms with van der Waals surface area (Å²) < 4.78 is 6.58. The van der Waals surface area contributed by atoms with E-state index in [0.29, 0.717) is 12.4 Å². The summed E-state index contributed by atoms with van der Waals surface area (Å²) in [5.41, 5.74) is 4.33. The Bertz CT molecular complexity index is 530. The first-order chi connectivity index (χ1) is 8.69. The summed E-state index contributed by atoms with van der Waals surface area (Å²) >= 11 is 3.46. The maximum atomic E-state index is 5.65. The molecule has 0 aliphatic rings. The van der Waals surface area contributed by atoms with Gasteiger partial charge < -0.3 is 10.2 Å². The molecule has 0 unspecified atom stereocenters. The van der Waals surface area contributed by atoms with E-state index < -0.39 is 0 Å². The highest BCUT2D eigenvalue weighted by Gasteiger charge is 2.03. The van der Waals surface area contributed by atoms with Gasteiger partial charge in [0.1, 0.15) is 12.4 Å². The molecule has 2 aromatic rings. The summed E-state index contributed by atoms with van der Waals surface area (Å²) in [7, 11) is 0. The third-order valence-electron chi connectivity index (χ3n) is 2.32. The normalized spacial score (nSPS) is 10.2. The van der Waals surface area contributed by atoms with Gasteiger partial charge in [0.2, 0.25) is 0 Å². The number of anilines is 1. The van der Waals surface area contributed by atoms with Crippen LogP contribution in [0.4, 0.5) is 5.82 Å². The number of nitrogens with zero attached hydrogens (tertiary/aromatic N) is 2. The lowest BCUT2D eigenvalue weighted by Crippen LogP contribution is -2.09. The first kappa shape index (κ1) is 12.8. The topological polar surface area (TPSA) is 73.1 Å². The molecule has 0 radical (unpaired) electrons. The molecule has 1 aromatic heterocycles. The Kier molecular flexibility index (Phi) is 4.11. The van der Waals surface area contributed by atoms with E-state index in [1.54, 1.807) is 12.4 Å². The predicted molar refractivity (Wildman–Crippen MR) is 73.1 cm³/mol. The zero-order chi connectivity index (χ0) is 13.0. The summed E-state index contributed by atoms with van der Waals surface area (Å²) in [6, 6.07) is 5.91. The molecular formula is C12H13BrN4O. The van der Waals surface area contributed by atoms with Gasteiger partial charge in [0, 0.05) is 0 Å². The van der Waals surface area contributed by atoms with Crippen LogP contribution < -0.4 is 16.0 Å². The minimum Gasteiger partial charge on any atom is -0.486 e. The van der Waals surface area contributed by atoms with Gasteiger partial charge >= 0.3 is 0 Å². The van der Waals surface area contributed by atoms with Gasteiger partial charge in [-0.25, -0.2) is 10.8 Å². The molecule has 0 spiro atoms. The Labute approximate surface area is 113 Å². The first-order valence-corrected chi connectivity index (χ1v) is 6.15. The van der Waals surface area contributed by atoms with Crippen molar-refractivity contribution in [1.29, 1.82) is 0 Å². The van der Waals surface area contributed by atoms with Crippen LogP contribution in [0.1, 0.15) is 11.3 Å². The van der Waals surface area contributed by atoms with Crippen molar-refractivity contribution in [3.8, 4) is 5.75 Å². The highest BCUT2D eigenvalue weighted by atomic mass is 79.9. The summed E-state index contributed by atoms with van der Waals surface area (Å²) in [6.07, 6.45) is 3.18. The van der Waals surface area contributed by atoms with E-state index in [9.17, 15) is 0 Å². The Morgan fingerprint density at radius 3 is 2.78 bits per heavy atom. The molecule has 94 valence electrons. The van der Waals surface area contributed by atoms with Gasteiger partial charge in [-0.2, -0.15) is 0 Å². The van der Waals surface area contributed by atoms with Gasteiger partial charge in [-0.05, 0) is 40.5 Å². The highest BCUT2D eigenvalue weighted by molar-refractivity contribution is 9.10. The molecule has 18 heavy (non-hydrogen) atoms. The number of hydrazine groups is 1. The maximum absolute atomic E-state index is 5.65. The number of ether oxygens (including phenoxy) is 1. The Balaban J connectivity index is 2.02. The van der Waals surface area contributed by atoms with Crippen molar-refractivity contribution < 1.29 is 4.74 Å². The zero-order valence-electron chi connectivity index (χ0n) is 9.85. The van der Waals surface area contributed by atoms with Gasteiger partial charge in [0.05, 0.1) is 22.6 Å². The van der Waals surface area contributed by atoms with Crippen LogP contribution in [-0.2, 0) is 6.61 Å². The fourth-order valence-corrected chi connectivity index (χ4v) is 1.99. The van der Waals surface area contributed by atoms with Crippen LogP contribution in [0.2, 0.25) is 0 Å². The Hall–Kier alpha value is -1.66. The minimum absolute atomic E-state index is 0.361. The van der Waals surface area contributed by atoms with Crippen LogP contribution in [0, 0.1) is 6.92 Å². The molecule has 0 aliphatic heterocycles. The number of aromatic nitrogens is 2. The fraction of sp³-hybridized carbons (Fsp3) is 0.167. The standard InChI is InChI=1S/C12H13BrN4O/c1-8-2-3-11(10(13)4-8)18-7-9-5-16-12(17-14)6-15-9/h2-6H,7,14H2,1H3,(H,16,17). The number of halogens is 1. The number of nitrogen functional groups attached to an aromatic ring is 1. The maximum Gasteiger partial charge on any atom is 0.158 e. The van der Waals surface area contributed by atoms with Crippen molar-refractivity contribution in [2.45, 2.75) is 13.5 Å². The van der Waals surface area contributed by atoms with Crippen LogP contribution in [-0.4, -0.2) is 9.97 Å². The smallest absolute Gasteiger partial charge is 0.158 e. The van der Waals surface area contributed by atoms with Crippen LogP contribution in [0.3, 0.4) is 0 Å². The number of nitrogens with one attached hydrogen (secondary N) is 1. The number of benzene rings is 1. The van der Waals surface area contributed by atoms with Gasteiger partial charge in [-0.3, -0.25) is 4.98 Å². The van der Waals surface area contributed by atoms with E-state index in [2.05, 4.69) is 31.3 Å². The molecule has 5 nitrogen and oxygen atoms in total. The Morgan fingerprint density at radius 2 is 2.17 bits per heavy atom. The number of aryl methyl sites for hydroxylation is 1. The lowest BCUT2D eigenvalue weighted by atomic mass is 10.2. The molecule has 0 fully saturated rings. The second-order valence-corrected chi connectivity index (χ2v) is 4.61. The largest absolute Gasteiger partial charge is 0.486 e. The third-order valence-corrected chi connectivity index (χ3v) is 2.94. The van der Waals surface area contributed by atoms with Crippen LogP contribution in [0.25, 0.3) is 0 Å². The molecule has 0 saturated carbocycles. The van der Waals surface area contributed by atoms with Crippen molar-refractivity contribution in [1.82, 2.24) is 9.97 Å². The number of nitrogens with two attached hydrogens (primary N) is 1. The van der Waals surface area contributed by atoms with Gasteiger partial charge in [-0.15, -0.1) is 0 Å². The lowest BCUT2D eigenvalue weighted by molar-refractivity contribution is 0.299. The quantitative estimate of drug-likeness (QED) is 0.670. The monoisotopic (exact) mass is 308 g/mol. The molecule has 6 heteroatoms. The van der Waals surface area contributed by atoms with E-state index in [4.69, 9.17) is 10.6 Å². The van der Waals surface area contributed by atoms with E-state index in [1.165, 1.54) is 5.56 Å². The first-order valence-electron chi connectivity index (χ1n) is 5.35. The molecule has 1 heterocycles. The van der Waals surface area contributed by atoms with Gasteiger partial charge in [-0.1, -0.05) is 6.07 Å². The molecule has 0 saturated heterocycles. The second-order valence-electron chi connectivity index (χ2n) is 3.76. The number of rotatable bonds is 4. The number of hydrogen-bond acceptors (Lipinski definition) is 5. The van der Waals surface area contributed by atoms with Gasteiger partial charge in [0.25, 0.3) is 0 Å². The summed E-state index contributed by atoms with van der Waals surface area (Å²) in [5, 5.41) is 0. The summed E-state index contributed by atoms with van der Waals surface area (Å²) in [6.45, 7) is 2.39. The summed E-state index contributed by atoms with van der Waals surface area (Å²) in [4.78, 5) is 8.22. The molecule has 0 aliphatic carbocycles. The zero-order valence-corrected chi connectivity index (χ0v) is 11.4. The van der Waals surface area contributed by atoms with Gasteiger partial charge in [0.15, 0.2) is 5.82 Å². The number of hydrogen-bond donors (Lipinski definition) is 2. The lowest BCUT2D eigenvalue weighted by Gasteiger charge is -2.08. The molecule has 0 amide bonds. The predicted octanol–water partition coefficient (Wildman–Crippen LogP) is 2.41. The molecule has 1 aromatic carbocycles. The van der Waals surface area contributed by atoms with Crippen LogP contribution >= 0.6 is 15.9 Å². The third kappa shape index (κ3) is 3.18. The van der Waals surface area contributed by atoms with Crippen LogP contribution in [0.5, 0.6) is 5.75 Å². The molecular weight excluding hydrogens is 296 g/mol. The van der Waals surface area contributed by atoms with Crippen molar-refractivity contribution >= 4 is 21.7 Å². The van der Waals surface area contributed by atoms with E-state index in [-0.39, 0.29) is 0 Å². The average Bonchev–Trinajstić information content (AvgIpc) is 2.38. The minimum atomic E-state index is 0.361. The molecule has 3 N–H and O–H groups in total. The summed E-state index contributed by atoms with van der Waals surface area (Å²) in [5.74, 6) is 6.51. The highest BCUT2D eigenvalue weighted by Crippen LogP contribution is 2.26. The van der Waals surface area contributed by atoms with E-state index >= 15 is 0 Å². The van der Waals surface area contributed by atoms with Crippen molar-refractivity contribution in [3.63, 3.8) is 0 Å². The van der Waals surface area contributed by atoms with Crippen molar-refractivity contribution in [3.05, 3.63) is 46.3 Å². The van der Waals surface area contributed by atoms with Crippen molar-refractivity contribution in [2.75, 3.05) is 5.43 Å². The average molecular weight is 309 g/mol. The second kappa shape index (κ2) is 5.79. The van der Waals surface area contributed by atoms with E-state index in [1.807, 2.05) is 25.1 Å². The van der Waals surface area contributed by atoms with Crippen LogP contribution in [0.15, 0.2) is 35.1 Å². The SMILES string of the molecule is Cc1ccc(OCc2cnc(NN)cn2)c(Br)c1.